The maximum Gasteiger partial charge on any atom is 0.285 e. The van der Waals surface area contributed by atoms with E-state index in [0.29, 0.717) is 30.6 Å². The predicted octanol–water partition coefficient (Wildman–Crippen LogP) is 0.755. The van der Waals surface area contributed by atoms with Crippen molar-refractivity contribution in [3.8, 4) is 0 Å². The van der Waals surface area contributed by atoms with Gasteiger partial charge in [-0.25, -0.2) is 0 Å². The minimum atomic E-state index is -0.464. The normalized spacial score (nSPS) is 13.6. The minimum absolute atomic E-state index is 0.0360. The molecule has 0 aromatic heterocycles. The molecule has 2 amide bonds. The average molecular weight is 307 g/mol. The molecule has 1 aromatic carbocycles. The lowest BCUT2D eigenvalue weighted by molar-refractivity contribution is -0.114. The highest BCUT2D eigenvalue weighted by Crippen LogP contribution is 2.23. The molecule has 0 saturated carbocycles. The molecule has 0 radical (unpaired) electrons. The van der Waals surface area contributed by atoms with E-state index in [-0.39, 0.29) is 19.8 Å². The van der Waals surface area contributed by atoms with E-state index in [1.54, 1.807) is 18.2 Å². The van der Waals surface area contributed by atoms with Crippen LogP contribution in [0.2, 0.25) is 0 Å². The van der Waals surface area contributed by atoms with Crippen molar-refractivity contribution in [2.45, 2.75) is 6.92 Å². The van der Waals surface area contributed by atoms with E-state index in [1.165, 1.54) is 0 Å². The molecule has 1 aliphatic heterocycles. The topological polar surface area (TPSA) is 82.1 Å². The number of amides is 2. The molecule has 0 aliphatic carbocycles. The first-order valence-corrected chi connectivity index (χ1v) is 6.86. The lowest BCUT2D eigenvalue weighted by Gasteiger charge is -2.13. The number of nitrogens with zero attached hydrogens (tertiary/aromatic N) is 1. The van der Waals surface area contributed by atoms with Gasteiger partial charge < -0.3 is 14.3 Å². The zero-order valence-corrected chi connectivity index (χ0v) is 12.2. The van der Waals surface area contributed by atoms with Crippen molar-refractivity contribution >= 4 is 18.1 Å². The second kappa shape index (κ2) is 7.79. The van der Waals surface area contributed by atoms with E-state index < -0.39 is 11.8 Å². The first-order chi connectivity index (χ1) is 10.6. The molecular weight excluding hydrogens is 290 g/mol. The molecule has 0 N–H and O–H groups in total. The molecule has 0 bridgehead atoms. The lowest BCUT2D eigenvalue weighted by atomic mass is 10.1. The summed E-state index contributed by atoms with van der Waals surface area (Å²) in [6, 6.07) is 5.06. The van der Waals surface area contributed by atoms with Crippen molar-refractivity contribution in [3.05, 3.63) is 34.9 Å². The summed E-state index contributed by atoms with van der Waals surface area (Å²) in [4.78, 5) is 39.3. The number of carbonyl (C=O) groups is 3. The number of hydrogen-bond donors (Lipinski definition) is 0. The van der Waals surface area contributed by atoms with Crippen LogP contribution in [0.4, 0.5) is 0 Å². The van der Waals surface area contributed by atoms with Crippen molar-refractivity contribution in [3.63, 3.8) is 0 Å². The lowest BCUT2D eigenvalue weighted by Crippen LogP contribution is -2.31. The Bertz CT molecular complexity index is 571. The third-order valence-corrected chi connectivity index (χ3v) is 3.01. The van der Waals surface area contributed by atoms with Crippen molar-refractivity contribution < 1.29 is 28.7 Å². The standard InChI is InChI=1S/C15H17NO6/c1-11-2-3-12-13(10-11)15(19)16(14(12)18)22-9-8-21-7-6-20-5-4-17/h2-4,10H,5-9H2,1H3. The van der Waals surface area contributed by atoms with Gasteiger partial charge in [-0.2, -0.15) is 0 Å². The van der Waals surface area contributed by atoms with Crippen LogP contribution in [0.5, 0.6) is 0 Å². The van der Waals surface area contributed by atoms with Crippen LogP contribution in [0.3, 0.4) is 0 Å². The Morgan fingerprint density at radius 1 is 1.00 bits per heavy atom. The molecule has 1 heterocycles. The number of hydroxylamine groups is 2. The molecule has 7 heteroatoms. The van der Waals surface area contributed by atoms with Gasteiger partial charge in [0, 0.05) is 0 Å². The van der Waals surface area contributed by atoms with Gasteiger partial charge in [0.15, 0.2) is 0 Å². The Morgan fingerprint density at radius 3 is 2.45 bits per heavy atom. The maximum absolute atomic E-state index is 12.1. The Kier molecular flexibility index (Phi) is 5.76. The summed E-state index contributed by atoms with van der Waals surface area (Å²) < 4.78 is 10.1. The van der Waals surface area contributed by atoms with Crippen molar-refractivity contribution in [2.24, 2.45) is 0 Å². The summed E-state index contributed by atoms with van der Waals surface area (Å²) in [6.45, 7) is 2.76. The highest BCUT2D eigenvalue weighted by atomic mass is 16.7. The summed E-state index contributed by atoms with van der Waals surface area (Å²) >= 11 is 0. The van der Waals surface area contributed by atoms with Crippen LogP contribution in [-0.2, 0) is 19.1 Å². The highest BCUT2D eigenvalue weighted by Gasteiger charge is 2.36. The smallest absolute Gasteiger partial charge is 0.285 e. The number of carbonyl (C=O) groups excluding carboxylic acids is 3. The first kappa shape index (κ1) is 16.3. The van der Waals surface area contributed by atoms with Crippen LogP contribution < -0.4 is 0 Å². The fourth-order valence-electron chi connectivity index (χ4n) is 1.99. The van der Waals surface area contributed by atoms with E-state index in [2.05, 4.69) is 0 Å². The van der Waals surface area contributed by atoms with E-state index in [1.807, 2.05) is 6.92 Å². The van der Waals surface area contributed by atoms with Crippen LogP contribution in [0.25, 0.3) is 0 Å². The Labute approximate surface area is 127 Å². The average Bonchev–Trinajstić information content (AvgIpc) is 2.74. The molecular formula is C15H17NO6. The fourth-order valence-corrected chi connectivity index (χ4v) is 1.99. The monoisotopic (exact) mass is 307 g/mol. The Hall–Kier alpha value is -2.09. The zero-order valence-electron chi connectivity index (χ0n) is 12.2. The molecule has 0 atom stereocenters. The van der Waals surface area contributed by atoms with Gasteiger partial charge in [0.1, 0.15) is 12.9 Å². The summed E-state index contributed by atoms with van der Waals surface area (Å²) in [7, 11) is 0. The summed E-state index contributed by atoms with van der Waals surface area (Å²) in [5.41, 5.74) is 1.60. The van der Waals surface area contributed by atoms with Crippen LogP contribution in [-0.4, -0.2) is 56.2 Å². The number of imide groups is 1. The molecule has 7 nitrogen and oxygen atoms in total. The maximum atomic E-state index is 12.1. The van der Waals surface area contributed by atoms with Crippen LogP contribution in [0.15, 0.2) is 18.2 Å². The molecule has 0 fully saturated rings. The molecule has 22 heavy (non-hydrogen) atoms. The van der Waals surface area contributed by atoms with Crippen molar-refractivity contribution in [1.29, 1.82) is 0 Å². The molecule has 118 valence electrons. The van der Waals surface area contributed by atoms with Crippen LogP contribution >= 0.6 is 0 Å². The summed E-state index contributed by atoms with van der Waals surface area (Å²) in [6.07, 6.45) is 0.660. The molecule has 2 rings (SSSR count). The number of fused-ring (bicyclic) bond motifs is 1. The van der Waals surface area contributed by atoms with Gasteiger partial charge in [-0.15, -0.1) is 5.06 Å². The van der Waals surface area contributed by atoms with E-state index in [0.717, 1.165) is 10.6 Å². The third-order valence-electron chi connectivity index (χ3n) is 3.01. The third kappa shape index (κ3) is 3.76. The van der Waals surface area contributed by atoms with Crippen LogP contribution in [0.1, 0.15) is 26.3 Å². The van der Waals surface area contributed by atoms with Gasteiger partial charge in [0.05, 0.1) is 37.6 Å². The second-order valence-corrected chi connectivity index (χ2v) is 4.64. The fraction of sp³-hybridized carbons (Fsp3) is 0.400. The van der Waals surface area contributed by atoms with Gasteiger partial charge in [-0.05, 0) is 19.1 Å². The largest absolute Gasteiger partial charge is 0.377 e. The SMILES string of the molecule is Cc1ccc2c(c1)C(=O)N(OCCOCCOCC=O)C2=O. The van der Waals surface area contributed by atoms with Gasteiger partial charge >= 0.3 is 0 Å². The van der Waals surface area contributed by atoms with E-state index in [4.69, 9.17) is 14.3 Å². The zero-order chi connectivity index (χ0) is 15.9. The number of aldehydes is 1. The summed E-state index contributed by atoms with van der Waals surface area (Å²) in [5, 5.41) is 0.760. The number of hydrogen-bond acceptors (Lipinski definition) is 6. The molecule has 0 unspecified atom stereocenters. The Morgan fingerprint density at radius 2 is 1.68 bits per heavy atom. The van der Waals surface area contributed by atoms with Gasteiger partial charge in [-0.1, -0.05) is 11.6 Å². The summed E-state index contributed by atoms with van der Waals surface area (Å²) in [5.74, 6) is -0.924. The second-order valence-electron chi connectivity index (χ2n) is 4.64. The number of rotatable bonds is 9. The van der Waals surface area contributed by atoms with Gasteiger partial charge in [-0.3, -0.25) is 14.4 Å². The quantitative estimate of drug-likeness (QED) is 0.380. The minimum Gasteiger partial charge on any atom is -0.377 e. The number of benzene rings is 1. The van der Waals surface area contributed by atoms with E-state index in [9.17, 15) is 14.4 Å². The molecule has 1 aliphatic rings. The first-order valence-electron chi connectivity index (χ1n) is 6.86. The van der Waals surface area contributed by atoms with Crippen LogP contribution in [0, 0.1) is 6.92 Å². The highest BCUT2D eigenvalue weighted by molar-refractivity contribution is 6.20. The molecule has 1 aromatic rings. The number of aryl methyl sites for hydroxylation is 1. The van der Waals surface area contributed by atoms with Gasteiger partial charge in [0.2, 0.25) is 0 Å². The predicted molar refractivity (Wildman–Crippen MR) is 75.3 cm³/mol. The van der Waals surface area contributed by atoms with E-state index >= 15 is 0 Å². The van der Waals surface area contributed by atoms with Crippen molar-refractivity contribution in [1.82, 2.24) is 5.06 Å². The van der Waals surface area contributed by atoms with Gasteiger partial charge in [0.25, 0.3) is 11.8 Å². The molecule has 0 saturated heterocycles. The van der Waals surface area contributed by atoms with Crippen molar-refractivity contribution in [2.75, 3.05) is 33.0 Å². The molecule has 0 spiro atoms. The Balaban J connectivity index is 1.75. The number of ether oxygens (including phenoxy) is 2.